The Morgan fingerprint density at radius 3 is 2.42 bits per heavy atom. The van der Waals surface area contributed by atoms with Crippen LogP contribution < -0.4 is 20.7 Å². The summed E-state index contributed by atoms with van der Waals surface area (Å²) in [6, 6.07) is 22.3. The first kappa shape index (κ1) is 25.2. The number of carbonyl (C=O) groups is 2. The molecule has 36 heavy (non-hydrogen) atoms. The van der Waals surface area contributed by atoms with Crippen molar-refractivity contribution in [3.8, 4) is 16.3 Å². The van der Waals surface area contributed by atoms with Crippen molar-refractivity contribution in [2.45, 2.75) is 19.4 Å². The highest BCUT2D eigenvalue weighted by molar-refractivity contribution is 7.18. The van der Waals surface area contributed by atoms with Gasteiger partial charge >= 0.3 is 6.03 Å². The van der Waals surface area contributed by atoms with E-state index < -0.39 is 18.0 Å². The monoisotopic (exact) mass is 521 g/mol. The van der Waals surface area contributed by atoms with Gasteiger partial charge in [0.1, 0.15) is 16.8 Å². The predicted molar refractivity (Wildman–Crippen MR) is 143 cm³/mol. The third-order valence-electron chi connectivity index (χ3n) is 5.09. The van der Waals surface area contributed by atoms with E-state index in [1.165, 1.54) is 11.3 Å². The average Bonchev–Trinajstić information content (AvgIpc) is 3.34. The van der Waals surface area contributed by atoms with Crippen molar-refractivity contribution in [2.75, 3.05) is 17.2 Å². The number of carbonyl (C=O) groups excluding carboxylic acids is 2. The van der Waals surface area contributed by atoms with Crippen LogP contribution in [0.1, 0.15) is 12.5 Å². The third-order valence-corrected chi connectivity index (χ3v) is 6.23. The first-order valence-electron chi connectivity index (χ1n) is 11.3. The van der Waals surface area contributed by atoms with Crippen LogP contribution in [0.25, 0.3) is 10.6 Å². The molecule has 0 aliphatic carbocycles. The molecule has 1 unspecified atom stereocenters. The molecule has 0 saturated heterocycles. The van der Waals surface area contributed by atoms with Crippen molar-refractivity contribution < 1.29 is 14.3 Å². The largest absolute Gasteiger partial charge is 0.492 e. The maximum Gasteiger partial charge on any atom is 0.320 e. The number of ether oxygens (including phenoxy) is 1. The number of anilines is 2. The van der Waals surface area contributed by atoms with Gasteiger partial charge in [0.25, 0.3) is 0 Å². The standard InChI is InChI=1S/C26H24ClN5O3S/c1-2-35-22-11-7-6-10-20(22)28-25(34)29-21(16-17-8-4-3-5-9-17)23(33)30-26-32-31-24(36-26)18-12-14-19(27)15-13-18/h3-15,21H,2,16H2,1H3,(H2,28,29,34)(H,30,32,33). The Labute approximate surface area is 217 Å². The van der Waals surface area contributed by atoms with Gasteiger partial charge in [-0.05, 0) is 36.8 Å². The number of hydrogen-bond donors (Lipinski definition) is 3. The van der Waals surface area contributed by atoms with Crippen LogP contribution in [0.15, 0.2) is 78.9 Å². The van der Waals surface area contributed by atoms with Crippen LogP contribution in [-0.2, 0) is 11.2 Å². The van der Waals surface area contributed by atoms with Gasteiger partial charge in [0.05, 0.1) is 12.3 Å². The molecular weight excluding hydrogens is 498 g/mol. The molecule has 4 aromatic rings. The zero-order valence-electron chi connectivity index (χ0n) is 19.4. The van der Waals surface area contributed by atoms with Gasteiger partial charge in [-0.3, -0.25) is 10.1 Å². The Morgan fingerprint density at radius 1 is 0.944 bits per heavy atom. The number of aromatic nitrogens is 2. The van der Waals surface area contributed by atoms with E-state index in [0.29, 0.717) is 33.2 Å². The molecule has 3 amide bonds. The van der Waals surface area contributed by atoms with Gasteiger partial charge in [-0.2, -0.15) is 0 Å². The second-order valence-electron chi connectivity index (χ2n) is 7.68. The molecule has 1 atom stereocenters. The maximum absolute atomic E-state index is 13.2. The Bertz CT molecular complexity index is 1310. The summed E-state index contributed by atoms with van der Waals surface area (Å²) in [4.78, 5) is 26.1. The highest BCUT2D eigenvalue weighted by Gasteiger charge is 2.23. The molecule has 1 heterocycles. The van der Waals surface area contributed by atoms with Crippen molar-refractivity contribution in [2.24, 2.45) is 0 Å². The zero-order chi connectivity index (χ0) is 25.3. The summed E-state index contributed by atoms with van der Waals surface area (Å²) >= 11 is 7.19. The Kier molecular flexibility index (Phi) is 8.48. The number of nitrogens with one attached hydrogen (secondary N) is 3. The predicted octanol–water partition coefficient (Wildman–Crippen LogP) is 5.63. The van der Waals surface area contributed by atoms with E-state index in [-0.39, 0.29) is 6.42 Å². The van der Waals surface area contributed by atoms with Crippen LogP contribution >= 0.6 is 22.9 Å². The van der Waals surface area contributed by atoms with E-state index in [1.807, 2.05) is 55.5 Å². The first-order chi connectivity index (χ1) is 17.5. The number of nitrogens with zero attached hydrogens (tertiary/aromatic N) is 2. The summed E-state index contributed by atoms with van der Waals surface area (Å²) in [7, 11) is 0. The Balaban J connectivity index is 1.48. The lowest BCUT2D eigenvalue weighted by atomic mass is 10.1. The smallest absolute Gasteiger partial charge is 0.320 e. The molecule has 3 aromatic carbocycles. The first-order valence-corrected chi connectivity index (χ1v) is 12.4. The van der Waals surface area contributed by atoms with E-state index in [9.17, 15) is 9.59 Å². The van der Waals surface area contributed by atoms with Crippen molar-refractivity contribution in [1.82, 2.24) is 15.5 Å². The summed E-state index contributed by atoms with van der Waals surface area (Å²) in [5.41, 5.74) is 2.24. The van der Waals surface area contributed by atoms with Crippen LogP contribution in [0.5, 0.6) is 5.75 Å². The molecule has 4 rings (SSSR count). The summed E-state index contributed by atoms with van der Waals surface area (Å²) in [5, 5.41) is 18.1. The topological polar surface area (TPSA) is 105 Å². The van der Waals surface area contributed by atoms with E-state index in [1.54, 1.807) is 30.3 Å². The molecule has 0 aliphatic rings. The van der Waals surface area contributed by atoms with Gasteiger partial charge in [0.2, 0.25) is 11.0 Å². The minimum absolute atomic E-state index is 0.288. The second kappa shape index (κ2) is 12.1. The van der Waals surface area contributed by atoms with Gasteiger partial charge in [-0.25, -0.2) is 4.79 Å². The molecule has 1 aromatic heterocycles. The van der Waals surface area contributed by atoms with E-state index in [0.717, 1.165) is 11.1 Å². The van der Waals surface area contributed by atoms with E-state index in [2.05, 4.69) is 26.1 Å². The van der Waals surface area contributed by atoms with Crippen molar-refractivity contribution in [1.29, 1.82) is 0 Å². The number of halogens is 1. The van der Waals surface area contributed by atoms with Gasteiger partial charge in [-0.15, -0.1) is 10.2 Å². The molecule has 0 spiro atoms. The normalized spacial score (nSPS) is 11.4. The SMILES string of the molecule is CCOc1ccccc1NC(=O)NC(Cc1ccccc1)C(=O)Nc1nnc(-c2ccc(Cl)cc2)s1. The number of rotatable bonds is 9. The summed E-state index contributed by atoms with van der Waals surface area (Å²) in [5.74, 6) is 0.133. The highest BCUT2D eigenvalue weighted by Crippen LogP contribution is 2.27. The van der Waals surface area contributed by atoms with Crippen LogP contribution in [0.4, 0.5) is 15.6 Å². The fourth-order valence-corrected chi connectivity index (χ4v) is 4.28. The molecule has 0 bridgehead atoms. The molecule has 0 radical (unpaired) electrons. The lowest BCUT2D eigenvalue weighted by Crippen LogP contribution is -2.47. The summed E-state index contributed by atoms with van der Waals surface area (Å²) in [6.07, 6.45) is 0.288. The fourth-order valence-electron chi connectivity index (χ4n) is 3.40. The third kappa shape index (κ3) is 6.80. The second-order valence-corrected chi connectivity index (χ2v) is 9.09. The van der Waals surface area contributed by atoms with Gasteiger partial charge in [-0.1, -0.05) is 77.5 Å². The lowest BCUT2D eigenvalue weighted by molar-refractivity contribution is -0.117. The van der Waals surface area contributed by atoms with Gasteiger partial charge < -0.3 is 15.4 Å². The number of para-hydroxylation sites is 2. The molecule has 0 fully saturated rings. The fraction of sp³-hybridized carbons (Fsp3) is 0.154. The quantitative estimate of drug-likeness (QED) is 0.265. The van der Waals surface area contributed by atoms with Gasteiger partial charge in [0, 0.05) is 17.0 Å². The highest BCUT2D eigenvalue weighted by atomic mass is 35.5. The van der Waals surface area contributed by atoms with Crippen molar-refractivity contribution in [3.05, 3.63) is 89.4 Å². The average molecular weight is 522 g/mol. The number of amides is 3. The molecule has 8 nitrogen and oxygen atoms in total. The molecule has 184 valence electrons. The van der Waals surface area contributed by atoms with Crippen LogP contribution in [0, 0.1) is 0 Å². The molecule has 0 aliphatic heterocycles. The van der Waals surface area contributed by atoms with Crippen molar-refractivity contribution >= 4 is 45.7 Å². The van der Waals surface area contributed by atoms with Crippen LogP contribution in [0.2, 0.25) is 5.02 Å². The Hall–Kier alpha value is -3.95. The lowest BCUT2D eigenvalue weighted by Gasteiger charge is -2.19. The summed E-state index contributed by atoms with van der Waals surface area (Å²) in [6.45, 7) is 2.32. The molecule has 3 N–H and O–H groups in total. The van der Waals surface area contributed by atoms with E-state index >= 15 is 0 Å². The molecule has 10 heteroatoms. The number of hydrogen-bond acceptors (Lipinski definition) is 6. The number of urea groups is 1. The number of benzene rings is 3. The molecular formula is C26H24ClN5O3S. The van der Waals surface area contributed by atoms with Gasteiger partial charge in [0.15, 0.2) is 0 Å². The maximum atomic E-state index is 13.2. The minimum Gasteiger partial charge on any atom is -0.492 e. The molecule has 0 saturated carbocycles. The Morgan fingerprint density at radius 2 is 1.67 bits per heavy atom. The summed E-state index contributed by atoms with van der Waals surface area (Å²) < 4.78 is 5.57. The van der Waals surface area contributed by atoms with Crippen LogP contribution in [0.3, 0.4) is 0 Å². The minimum atomic E-state index is -0.866. The zero-order valence-corrected chi connectivity index (χ0v) is 21.0. The van der Waals surface area contributed by atoms with Crippen LogP contribution in [-0.4, -0.2) is 34.8 Å². The van der Waals surface area contributed by atoms with E-state index in [4.69, 9.17) is 16.3 Å². The van der Waals surface area contributed by atoms with Crippen molar-refractivity contribution in [3.63, 3.8) is 0 Å².